The van der Waals surface area contributed by atoms with Crippen LogP contribution in [0.2, 0.25) is 0 Å². The lowest BCUT2D eigenvalue weighted by atomic mass is 10.2. The molecule has 0 aliphatic heterocycles. The summed E-state index contributed by atoms with van der Waals surface area (Å²) in [7, 11) is -4.61. The number of benzene rings is 1. The molecule has 0 fully saturated rings. The van der Waals surface area contributed by atoms with E-state index in [9.17, 15) is 22.0 Å². The molecular formula is C14H13F2NO3S2. The molecule has 1 amide bonds. The van der Waals surface area contributed by atoms with Gasteiger partial charge in [0.2, 0.25) is 15.7 Å². The van der Waals surface area contributed by atoms with Crippen molar-refractivity contribution in [2.24, 2.45) is 0 Å². The molecule has 0 aliphatic carbocycles. The molecule has 4 nitrogen and oxygen atoms in total. The highest BCUT2D eigenvalue weighted by atomic mass is 32.2. The molecule has 0 unspecified atom stereocenters. The standard InChI is InChI=1S/C14H13F2NO3S2/c15-14(16)22(19,20)12-6-3-10(4-7-12)17-13(18)8-5-11-2-1-9-21-11/h1-4,6-7,9,14H,5,8H2,(H,17,18). The third kappa shape index (κ3) is 4.11. The summed E-state index contributed by atoms with van der Waals surface area (Å²) in [6, 6.07) is 8.52. The molecule has 0 spiro atoms. The predicted octanol–water partition coefficient (Wildman–Crippen LogP) is 3.32. The number of amides is 1. The summed E-state index contributed by atoms with van der Waals surface area (Å²) in [5, 5.41) is 4.52. The molecular weight excluding hydrogens is 332 g/mol. The second-order valence-corrected chi connectivity index (χ2v) is 7.41. The summed E-state index contributed by atoms with van der Waals surface area (Å²) in [6.07, 6.45) is 0.902. The van der Waals surface area contributed by atoms with Crippen LogP contribution in [0.3, 0.4) is 0 Å². The molecule has 22 heavy (non-hydrogen) atoms. The van der Waals surface area contributed by atoms with Crippen molar-refractivity contribution < 1.29 is 22.0 Å². The van der Waals surface area contributed by atoms with Crippen LogP contribution in [-0.2, 0) is 21.1 Å². The summed E-state index contributed by atoms with van der Waals surface area (Å²) in [5.41, 5.74) is 0.365. The molecule has 0 saturated carbocycles. The van der Waals surface area contributed by atoms with Crippen molar-refractivity contribution in [1.29, 1.82) is 0 Å². The van der Waals surface area contributed by atoms with E-state index in [1.54, 1.807) is 11.3 Å². The van der Waals surface area contributed by atoms with Crippen LogP contribution in [0.4, 0.5) is 14.5 Å². The largest absolute Gasteiger partial charge is 0.341 e. The van der Waals surface area contributed by atoms with E-state index in [1.165, 1.54) is 12.1 Å². The van der Waals surface area contributed by atoms with E-state index in [4.69, 9.17) is 0 Å². The number of thiophene rings is 1. The number of alkyl halides is 2. The van der Waals surface area contributed by atoms with Gasteiger partial charge in [0.05, 0.1) is 4.90 Å². The molecule has 1 heterocycles. The minimum atomic E-state index is -4.61. The SMILES string of the molecule is O=C(CCc1cccs1)Nc1ccc(S(=O)(=O)C(F)F)cc1. The Kier molecular flexibility index (Phi) is 5.25. The number of carbonyl (C=O) groups is 1. The summed E-state index contributed by atoms with van der Waals surface area (Å²) in [6.45, 7) is 0. The van der Waals surface area contributed by atoms with Crippen molar-refractivity contribution in [3.8, 4) is 0 Å². The second-order valence-electron chi connectivity index (χ2n) is 4.46. The van der Waals surface area contributed by atoms with Crippen LogP contribution in [0, 0.1) is 0 Å². The number of aryl methyl sites for hydroxylation is 1. The van der Waals surface area contributed by atoms with Crippen molar-refractivity contribution in [2.45, 2.75) is 23.5 Å². The minimum Gasteiger partial charge on any atom is -0.326 e. The van der Waals surface area contributed by atoms with Gasteiger partial charge in [0.1, 0.15) is 0 Å². The highest BCUT2D eigenvalue weighted by Gasteiger charge is 2.26. The number of anilines is 1. The monoisotopic (exact) mass is 345 g/mol. The van der Waals surface area contributed by atoms with Gasteiger partial charge in [-0.25, -0.2) is 8.42 Å². The molecule has 118 valence electrons. The van der Waals surface area contributed by atoms with Gasteiger partial charge in [0.25, 0.3) is 0 Å². The number of rotatable bonds is 6. The number of sulfone groups is 1. The highest BCUT2D eigenvalue weighted by Crippen LogP contribution is 2.20. The highest BCUT2D eigenvalue weighted by molar-refractivity contribution is 7.91. The van der Waals surface area contributed by atoms with Crippen molar-refractivity contribution >= 4 is 32.8 Å². The average molecular weight is 345 g/mol. The Balaban J connectivity index is 1.95. The Morgan fingerprint density at radius 1 is 1.18 bits per heavy atom. The first kappa shape index (κ1) is 16.6. The molecule has 1 aromatic heterocycles. The van der Waals surface area contributed by atoms with Gasteiger partial charge in [0, 0.05) is 17.0 Å². The van der Waals surface area contributed by atoms with Gasteiger partial charge in [-0.2, -0.15) is 8.78 Å². The number of halogens is 2. The van der Waals surface area contributed by atoms with Crippen molar-refractivity contribution in [1.82, 2.24) is 0 Å². The maximum absolute atomic E-state index is 12.4. The van der Waals surface area contributed by atoms with Gasteiger partial charge in [-0.15, -0.1) is 11.3 Å². The van der Waals surface area contributed by atoms with Crippen molar-refractivity contribution in [3.05, 3.63) is 46.7 Å². The topological polar surface area (TPSA) is 63.2 Å². The van der Waals surface area contributed by atoms with Gasteiger partial charge >= 0.3 is 5.76 Å². The minimum absolute atomic E-state index is 0.224. The molecule has 8 heteroatoms. The average Bonchev–Trinajstić information content (AvgIpc) is 2.99. The molecule has 1 N–H and O–H groups in total. The quantitative estimate of drug-likeness (QED) is 0.873. The van der Waals surface area contributed by atoms with Crippen molar-refractivity contribution in [3.63, 3.8) is 0 Å². The van der Waals surface area contributed by atoms with Crippen LogP contribution in [0.25, 0.3) is 0 Å². The van der Waals surface area contributed by atoms with Gasteiger partial charge < -0.3 is 5.32 Å². The van der Waals surface area contributed by atoms with Crippen LogP contribution < -0.4 is 5.32 Å². The number of nitrogens with one attached hydrogen (secondary N) is 1. The Bertz CT molecular complexity index is 726. The van der Waals surface area contributed by atoms with Crippen LogP contribution >= 0.6 is 11.3 Å². The van der Waals surface area contributed by atoms with Gasteiger partial charge in [-0.05, 0) is 42.1 Å². The maximum atomic E-state index is 12.4. The Labute approximate surface area is 130 Å². The lowest BCUT2D eigenvalue weighted by Gasteiger charge is -2.07. The molecule has 0 aliphatic rings. The zero-order valence-electron chi connectivity index (χ0n) is 11.3. The van der Waals surface area contributed by atoms with E-state index in [0.717, 1.165) is 17.0 Å². The molecule has 0 bridgehead atoms. The van der Waals surface area contributed by atoms with E-state index in [-0.39, 0.29) is 12.3 Å². The normalized spacial score (nSPS) is 11.6. The van der Waals surface area contributed by atoms with Crippen LogP contribution in [0.1, 0.15) is 11.3 Å². The summed E-state index contributed by atoms with van der Waals surface area (Å²) >= 11 is 1.56. The summed E-state index contributed by atoms with van der Waals surface area (Å²) in [4.78, 5) is 12.4. The molecule has 0 atom stereocenters. The Morgan fingerprint density at radius 2 is 1.86 bits per heavy atom. The lowest BCUT2D eigenvalue weighted by molar-refractivity contribution is -0.116. The number of hydrogen-bond acceptors (Lipinski definition) is 4. The third-order valence-electron chi connectivity index (χ3n) is 2.88. The third-order valence-corrected chi connectivity index (χ3v) is 5.21. The van der Waals surface area contributed by atoms with Gasteiger partial charge in [-0.1, -0.05) is 6.07 Å². The molecule has 2 rings (SSSR count). The molecule has 2 aromatic rings. The van der Waals surface area contributed by atoms with E-state index >= 15 is 0 Å². The maximum Gasteiger partial charge on any atom is 0.341 e. The zero-order chi connectivity index (χ0) is 16.2. The Hall–Kier alpha value is -1.80. The van der Waals surface area contributed by atoms with Crippen LogP contribution in [0.15, 0.2) is 46.7 Å². The molecule has 0 saturated heterocycles. The second kappa shape index (κ2) is 6.97. The first-order valence-electron chi connectivity index (χ1n) is 6.34. The summed E-state index contributed by atoms with van der Waals surface area (Å²) in [5.74, 6) is -3.68. The van der Waals surface area contributed by atoms with Crippen molar-refractivity contribution in [2.75, 3.05) is 5.32 Å². The summed E-state index contributed by atoms with van der Waals surface area (Å²) < 4.78 is 47.3. The zero-order valence-corrected chi connectivity index (χ0v) is 13.0. The van der Waals surface area contributed by atoms with Crippen LogP contribution in [-0.4, -0.2) is 20.1 Å². The lowest BCUT2D eigenvalue weighted by Crippen LogP contribution is -2.13. The smallest absolute Gasteiger partial charge is 0.326 e. The van der Waals surface area contributed by atoms with E-state index in [2.05, 4.69) is 5.32 Å². The first-order chi connectivity index (χ1) is 10.4. The van der Waals surface area contributed by atoms with E-state index < -0.39 is 20.5 Å². The number of hydrogen-bond donors (Lipinski definition) is 1. The fourth-order valence-corrected chi connectivity index (χ4v) is 3.18. The predicted molar refractivity (Wildman–Crippen MR) is 80.9 cm³/mol. The molecule has 1 aromatic carbocycles. The fraction of sp³-hybridized carbons (Fsp3) is 0.214. The fourth-order valence-electron chi connectivity index (χ4n) is 1.75. The van der Waals surface area contributed by atoms with E-state index in [0.29, 0.717) is 12.1 Å². The van der Waals surface area contributed by atoms with Gasteiger partial charge in [0.15, 0.2) is 0 Å². The molecule has 0 radical (unpaired) electrons. The first-order valence-corrected chi connectivity index (χ1v) is 8.76. The van der Waals surface area contributed by atoms with E-state index in [1.807, 2.05) is 17.5 Å². The number of carbonyl (C=O) groups excluding carboxylic acids is 1. The Morgan fingerprint density at radius 3 is 2.41 bits per heavy atom. The van der Waals surface area contributed by atoms with Crippen LogP contribution in [0.5, 0.6) is 0 Å². The van der Waals surface area contributed by atoms with Gasteiger partial charge in [-0.3, -0.25) is 4.79 Å².